The fourth-order valence-corrected chi connectivity index (χ4v) is 1.65. The second kappa shape index (κ2) is 4.61. The van der Waals surface area contributed by atoms with Gasteiger partial charge in [-0.05, 0) is 40.2 Å². The van der Waals surface area contributed by atoms with Crippen molar-refractivity contribution in [1.82, 2.24) is 0 Å². The molecule has 0 radical (unpaired) electrons. The molecule has 0 saturated heterocycles. The average molecular weight is 274 g/mol. The van der Waals surface area contributed by atoms with Crippen LogP contribution >= 0.6 is 15.9 Å². The number of hydrogen-bond donors (Lipinski definition) is 0. The van der Waals surface area contributed by atoms with Gasteiger partial charge in [0, 0.05) is 6.42 Å². The number of halogens is 2. The van der Waals surface area contributed by atoms with E-state index in [0.29, 0.717) is 18.8 Å². The van der Waals surface area contributed by atoms with Crippen LogP contribution in [0.2, 0.25) is 0 Å². The van der Waals surface area contributed by atoms with E-state index in [4.69, 9.17) is 9.57 Å². The Balaban J connectivity index is 1.81. The molecule has 0 spiro atoms. The SMILES string of the molecule is Fc1ccc(OC[C@H]2CC(Br)=NO2)cc1. The Morgan fingerprint density at radius 2 is 2.20 bits per heavy atom. The van der Waals surface area contributed by atoms with E-state index in [-0.39, 0.29) is 11.9 Å². The van der Waals surface area contributed by atoms with E-state index in [2.05, 4.69) is 21.1 Å². The summed E-state index contributed by atoms with van der Waals surface area (Å²) < 4.78 is 18.8. The van der Waals surface area contributed by atoms with Gasteiger partial charge in [-0.2, -0.15) is 0 Å². The summed E-state index contributed by atoms with van der Waals surface area (Å²) in [7, 11) is 0. The average Bonchev–Trinajstić information content (AvgIpc) is 2.64. The first-order chi connectivity index (χ1) is 7.24. The number of rotatable bonds is 3. The lowest BCUT2D eigenvalue weighted by Gasteiger charge is -2.09. The fourth-order valence-electron chi connectivity index (χ4n) is 1.20. The third-order valence-electron chi connectivity index (χ3n) is 1.95. The van der Waals surface area contributed by atoms with E-state index in [1.54, 1.807) is 12.1 Å². The van der Waals surface area contributed by atoms with Crippen molar-refractivity contribution in [3.05, 3.63) is 30.1 Å². The van der Waals surface area contributed by atoms with Gasteiger partial charge in [-0.1, -0.05) is 5.16 Å². The lowest BCUT2D eigenvalue weighted by atomic mass is 10.3. The van der Waals surface area contributed by atoms with Crippen molar-refractivity contribution in [1.29, 1.82) is 0 Å². The first-order valence-electron chi connectivity index (χ1n) is 4.50. The van der Waals surface area contributed by atoms with E-state index in [0.717, 1.165) is 4.62 Å². The summed E-state index contributed by atoms with van der Waals surface area (Å²) in [6.45, 7) is 0.407. The van der Waals surface area contributed by atoms with E-state index in [1.807, 2.05) is 0 Å². The van der Waals surface area contributed by atoms with E-state index in [1.165, 1.54) is 12.1 Å². The van der Waals surface area contributed by atoms with Crippen LogP contribution in [-0.2, 0) is 4.84 Å². The molecule has 80 valence electrons. The quantitative estimate of drug-likeness (QED) is 0.848. The molecule has 1 aromatic rings. The molecule has 0 N–H and O–H groups in total. The molecule has 3 nitrogen and oxygen atoms in total. The Kier molecular flexibility index (Phi) is 3.20. The first kappa shape index (κ1) is 10.4. The normalized spacial score (nSPS) is 19.6. The van der Waals surface area contributed by atoms with Crippen LogP contribution in [0.1, 0.15) is 6.42 Å². The lowest BCUT2D eigenvalue weighted by molar-refractivity contribution is 0.0471. The topological polar surface area (TPSA) is 30.8 Å². The maximum absolute atomic E-state index is 12.6. The van der Waals surface area contributed by atoms with Crippen LogP contribution < -0.4 is 4.74 Å². The highest BCUT2D eigenvalue weighted by atomic mass is 79.9. The zero-order chi connectivity index (χ0) is 10.7. The Labute approximate surface area is 95.0 Å². The van der Waals surface area contributed by atoms with Crippen LogP contribution in [0, 0.1) is 5.82 Å². The first-order valence-corrected chi connectivity index (χ1v) is 5.30. The molecule has 1 aromatic carbocycles. The molecule has 0 aromatic heterocycles. The fraction of sp³-hybridized carbons (Fsp3) is 0.300. The second-order valence-electron chi connectivity index (χ2n) is 3.16. The van der Waals surface area contributed by atoms with E-state index in [9.17, 15) is 4.39 Å². The predicted octanol–water partition coefficient (Wildman–Crippen LogP) is 2.70. The Hall–Kier alpha value is -1.10. The van der Waals surface area contributed by atoms with Crippen molar-refractivity contribution >= 4 is 20.6 Å². The van der Waals surface area contributed by atoms with Crippen LogP contribution in [0.4, 0.5) is 4.39 Å². The summed E-state index contributed by atoms with van der Waals surface area (Å²) in [5.74, 6) is 0.355. The molecule has 0 unspecified atom stereocenters. The summed E-state index contributed by atoms with van der Waals surface area (Å²) in [5, 5.41) is 3.74. The molecule has 5 heteroatoms. The lowest BCUT2D eigenvalue weighted by Crippen LogP contribution is -2.17. The summed E-state index contributed by atoms with van der Waals surface area (Å²) in [6.07, 6.45) is 0.644. The largest absolute Gasteiger partial charge is 0.490 e. The van der Waals surface area contributed by atoms with Gasteiger partial charge in [-0.15, -0.1) is 0 Å². The highest BCUT2D eigenvalue weighted by Gasteiger charge is 2.19. The smallest absolute Gasteiger partial charge is 0.167 e. The molecule has 2 rings (SSSR count). The molecule has 0 saturated carbocycles. The van der Waals surface area contributed by atoms with Crippen molar-refractivity contribution < 1.29 is 14.0 Å². The van der Waals surface area contributed by atoms with Gasteiger partial charge in [-0.3, -0.25) is 0 Å². The summed E-state index contributed by atoms with van der Waals surface area (Å²) in [6, 6.07) is 5.88. The predicted molar refractivity (Wildman–Crippen MR) is 57.7 cm³/mol. The highest BCUT2D eigenvalue weighted by Crippen LogP contribution is 2.17. The van der Waals surface area contributed by atoms with Crippen molar-refractivity contribution in [2.45, 2.75) is 12.5 Å². The molecule has 1 aliphatic rings. The van der Waals surface area contributed by atoms with Crippen LogP contribution in [0.25, 0.3) is 0 Å². The van der Waals surface area contributed by atoms with Crippen molar-refractivity contribution in [2.24, 2.45) is 5.16 Å². The van der Waals surface area contributed by atoms with Gasteiger partial charge in [0.25, 0.3) is 0 Å². The summed E-state index contributed by atoms with van der Waals surface area (Å²) >= 11 is 3.23. The van der Waals surface area contributed by atoms with E-state index < -0.39 is 0 Å². The number of benzene rings is 1. The Morgan fingerprint density at radius 3 is 2.80 bits per heavy atom. The van der Waals surface area contributed by atoms with Crippen LogP contribution in [0.3, 0.4) is 0 Å². The third kappa shape index (κ3) is 2.92. The number of nitrogens with zero attached hydrogens (tertiary/aromatic N) is 1. The Morgan fingerprint density at radius 1 is 1.47 bits per heavy atom. The van der Waals surface area contributed by atoms with Crippen LogP contribution in [-0.4, -0.2) is 17.3 Å². The second-order valence-corrected chi connectivity index (χ2v) is 4.08. The van der Waals surface area contributed by atoms with Crippen LogP contribution in [0.15, 0.2) is 29.4 Å². The van der Waals surface area contributed by atoms with Crippen molar-refractivity contribution in [3.8, 4) is 5.75 Å². The van der Waals surface area contributed by atoms with Gasteiger partial charge in [0.05, 0.1) is 0 Å². The molecule has 0 aliphatic carbocycles. The third-order valence-corrected chi connectivity index (χ3v) is 2.41. The van der Waals surface area contributed by atoms with Gasteiger partial charge in [0.1, 0.15) is 22.8 Å². The molecular weight excluding hydrogens is 265 g/mol. The Bertz CT molecular complexity index is 366. The van der Waals surface area contributed by atoms with Crippen molar-refractivity contribution in [2.75, 3.05) is 6.61 Å². The molecule has 1 atom stereocenters. The zero-order valence-electron chi connectivity index (χ0n) is 7.82. The van der Waals surface area contributed by atoms with Gasteiger partial charge in [0.15, 0.2) is 6.10 Å². The summed E-state index contributed by atoms with van der Waals surface area (Å²) in [4.78, 5) is 5.05. The van der Waals surface area contributed by atoms with Gasteiger partial charge >= 0.3 is 0 Å². The molecule has 0 fully saturated rings. The van der Waals surface area contributed by atoms with Gasteiger partial charge in [-0.25, -0.2) is 4.39 Å². The van der Waals surface area contributed by atoms with Gasteiger partial charge in [0.2, 0.25) is 0 Å². The molecular formula is C10H9BrFNO2. The molecule has 1 heterocycles. The summed E-state index contributed by atoms with van der Waals surface area (Å²) in [5.41, 5.74) is 0. The number of ether oxygens (including phenoxy) is 1. The van der Waals surface area contributed by atoms with Crippen molar-refractivity contribution in [3.63, 3.8) is 0 Å². The highest BCUT2D eigenvalue weighted by molar-refractivity contribution is 9.18. The number of hydrogen-bond acceptors (Lipinski definition) is 3. The molecule has 0 bridgehead atoms. The minimum absolute atomic E-state index is 0.0653. The molecule has 1 aliphatic heterocycles. The monoisotopic (exact) mass is 273 g/mol. The minimum atomic E-state index is -0.273. The maximum Gasteiger partial charge on any atom is 0.167 e. The standard InChI is InChI=1S/C10H9BrFNO2/c11-10-5-9(15-13-10)6-14-8-3-1-7(12)2-4-8/h1-4,9H,5-6H2/t9-/m1/s1. The number of oxime groups is 1. The van der Waals surface area contributed by atoms with Crippen LogP contribution in [0.5, 0.6) is 5.75 Å². The van der Waals surface area contributed by atoms with Gasteiger partial charge < -0.3 is 9.57 Å². The maximum atomic E-state index is 12.6. The van der Waals surface area contributed by atoms with E-state index >= 15 is 0 Å². The zero-order valence-corrected chi connectivity index (χ0v) is 9.41. The minimum Gasteiger partial charge on any atom is -0.490 e. The molecule has 0 amide bonds. The molecule has 15 heavy (non-hydrogen) atoms.